The molecule has 2 aromatic carbocycles. The quantitative estimate of drug-likeness (QED) is 0.537. The number of thioether (sulfide) groups is 1. The molecule has 1 fully saturated rings. The van der Waals surface area contributed by atoms with Crippen molar-refractivity contribution < 1.29 is 14.3 Å². The van der Waals surface area contributed by atoms with Crippen LogP contribution in [0.3, 0.4) is 0 Å². The van der Waals surface area contributed by atoms with Crippen molar-refractivity contribution in [3.8, 4) is 0 Å². The number of piperidine rings is 1. The number of halogens is 1. The molecule has 0 aliphatic carbocycles. The van der Waals surface area contributed by atoms with Crippen LogP contribution in [0.4, 0.5) is 0 Å². The molecule has 6 heteroatoms. The lowest BCUT2D eigenvalue weighted by Gasteiger charge is -2.34. The van der Waals surface area contributed by atoms with Gasteiger partial charge in [-0.2, -0.15) is 0 Å². The molecule has 144 valence electrons. The summed E-state index contributed by atoms with van der Waals surface area (Å²) in [6.07, 6.45) is 1.13. The summed E-state index contributed by atoms with van der Waals surface area (Å²) in [5, 5.41) is 2.63. The van der Waals surface area contributed by atoms with E-state index in [1.165, 1.54) is 11.8 Å². The molecule has 27 heavy (non-hydrogen) atoms. The van der Waals surface area contributed by atoms with Gasteiger partial charge in [0.05, 0.1) is 5.75 Å². The molecule has 0 aromatic heterocycles. The van der Waals surface area contributed by atoms with Crippen LogP contribution in [0.5, 0.6) is 0 Å². The van der Waals surface area contributed by atoms with Gasteiger partial charge in [0.1, 0.15) is 0 Å². The third-order valence-electron chi connectivity index (χ3n) is 4.74. The number of carbonyl (C=O) groups excluding carboxylic acids is 2. The van der Waals surface area contributed by atoms with Crippen molar-refractivity contribution in [1.82, 2.24) is 4.90 Å². The number of hydrogen-bond donors (Lipinski definition) is 0. The Morgan fingerprint density at radius 1 is 1.15 bits per heavy atom. The first kappa shape index (κ1) is 20.0. The average Bonchev–Trinajstić information content (AvgIpc) is 2.63. The maximum Gasteiger partial charge on any atom is 0.316 e. The van der Waals surface area contributed by atoms with E-state index in [0.29, 0.717) is 16.9 Å². The van der Waals surface area contributed by atoms with Gasteiger partial charge in [0.2, 0.25) is 0 Å². The lowest BCUT2D eigenvalue weighted by Crippen LogP contribution is -2.44. The van der Waals surface area contributed by atoms with Crippen LogP contribution in [0.1, 0.15) is 20.3 Å². The highest BCUT2D eigenvalue weighted by Gasteiger charge is 2.25. The molecule has 0 unspecified atom stereocenters. The largest absolute Gasteiger partial charge is 0.455 e. The zero-order valence-corrected chi connectivity index (χ0v) is 17.2. The van der Waals surface area contributed by atoms with Crippen LogP contribution in [-0.2, 0) is 14.3 Å². The zero-order chi connectivity index (χ0) is 19.4. The summed E-state index contributed by atoms with van der Waals surface area (Å²) in [6, 6.07) is 11.6. The highest BCUT2D eigenvalue weighted by Crippen LogP contribution is 2.33. The predicted molar refractivity (Wildman–Crippen MR) is 110 cm³/mol. The summed E-state index contributed by atoms with van der Waals surface area (Å²) in [5.41, 5.74) is 0. The van der Waals surface area contributed by atoms with Crippen LogP contribution in [-0.4, -0.2) is 42.2 Å². The standard InChI is InChI=1S/C21H24ClNO3S/c1-14-9-15(2)11-23(10-14)19(24)12-26-20(25)13-27-18-8-4-6-16-5-3-7-17(22)21(16)18/h3-8,14-15H,9-13H2,1-2H3/t14-,15-/m0/s1. The predicted octanol–water partition coefficient (Wildman–Crippen LogP) is 4.63. The molecule has 0 radical (unpaired) electrons. The Morgan fingerprint density at radius 3 is 2.52 bits per heavy atom. The molecule has 1 heterocycles. The summed E-state index contributed by atoms with van der Waals surface area (Å²) >= 11 is 7.69. The number of benzene rings is 2. The molecule has 2 aromatic rings. The van der Waals surface area contributed by atoms with Gasteiger partial charge in [-0.25, -0.2) is 0 Å². The van der Waals surface area contributed by atoms with Crippen molar-refractivity contribution in [2.24, 2.45) is 11.8 Å². The van der Waals surface area contributed by atoms with Gasteiger partial charge >= 0.3 is 5.97 Å². The first-order valence-corrected chi connectivity index (χ1v) is 10.5. The van der Waals surface area contributed by atoms with Crippen LogP contribution in [0.15, 0.2) is 41.3 Å². The topological polar surface area (TPSA) is 46.6 Å². The first-order chi connectivity index (χ1) is 12.9. The third kappa shape index (κ3) is 5.17. The second-order valence-corrected chi connectivity index (χ2v) is 8.71. The maximum absolute atomic E-state index is 12.3. The van der Waals surface area contributed by atoms with E-state index in [2.05, 4.69) is 13.8 Å². The average molecular weight is 406 g/mol. The maximum atomic E-state index is 12.3. The molecular formula is C21H24ClNO3S. The Hall–Kier alpha value is -1.72. The van der Waals surface area contributed by atoms with Crippen molar-refractivity contribution in [1.29, 1.82) is 0 Å². The van der Waals surface area contributed by atoms with Crippen molar-refractivity contribution in [2.45, 2.75) is 25.2 Å². The first-order valence-electron chi connectivity index (χ1n) is 9.17. The van der Waals surface area contributed by atoms with Crippen molar-refractivity contribution in [3.05, 3.63) is 41.4 Å². The van der Waals surface area contributed by atoms with Crippen LogP contribution < -0.4 is 0 Å². The monoisotopic (exact) mass is 405 g/mol. The number of amides is 1. The van der Waals surface area contributed by atoms with E-state index >= 15 is 0 Å². The van der Waals surface area contributed by atoms with Crippen molar-refractivity contribution >= 4 is 46.0 Å². The Bertz CT molecular complexity index is 826. The molecule has 0 bridgehead atoms. The van der Waals surface area contributed by atoms with Gasteiger partial charge in [-0.3, -0.25) is 9.59 Å². The molecule has 0 N–H and O–H groups in total. The van der Waals surface area contributed by atoms with E-state index in [1.54, 1.807) is 0 Å². The smallest absolute Gasteiger partial charge is 0.316 e. The van der Waals surface area contributed by atoms with Crippen LogP contribution in [0.25, 0.3) is 10.8 Å². The van der Waals surface area contributed by atoms with Gasteiger partial charge in [0.15, 0.2) is 6.61 Å². The number of fused-ring (bicyclic) bond motifs is 1. The van der Waals surface area contributed by atoms with Gasteiger partial charge in [-0.1, -0.05) is 49.7 Å². The highest BCUT2D eigenvalue weighted by atomic mass is 35.5. The number of esters is 1. The number of hydrogen-bond acceptors (Lipinski definition) is 4. The van der Waals surface area contributed by atoms with Crippen molar-refractivity contribution in [2.75, 3.05) is 25.4 Å². The summed E-state index contributed by atoms with van der Waals surface area (Å²) in [7, 11) is 0. The summed E-state index contributed by atoms with van der Waals surface area (Å²) in [5.74, 6) is 0.611. The molecule has 0 saturated carbocycles. The van der Waals surface area contributed by atoms with E-state index in [1.807, 2.05) is 41.3 Å². The van der Waals surface area contributed by atoms with Crippen molar-refractivity contribution in [3.63, 3.8) is 0 Å². The fraction of sp³-hybridized carbons (Fsp3) is 0.429. The molecule has 1 amide bonds. The fourth-order valence-electron chi connectivity index (χ4n) is 3.66. The molecule has 1 saturated heterocycles. The second kappa shape index (κ2) is 8.98. The fourth-order valence-corrected chi connectivity index (χ4v) is 4.90. The Morgan fingerprint density at radius 2 is 1.81 bits per heavy atom. The van der Waals surface area contributed by atoms with E-state index < -0.39 is 5.97 Å². The SMILES string of the molecule is C[C@H]1C[C@H](C)CN(C(=O)COC(=O)CSc2cccc3cccc(Cl)c23)C1. The molecular weight excluding hydrogens is 382 g/mol. The lowest BCUT2D eigenvalue weighted by molar-refractivity contribution is -0.151. The van der Waals surface area contributed by atoms with Gasteiger partial charge < -0.3 is 9.64 Å². The van der Waals surface area contributed by atoms with E-state index in [-0.39, 0.29) is 18.3 Å². The Balaban J connectivity index is 1.53. The number of likely N-dealkylation sites (tertiary alicyclic amines) is 1. The summed E-state index contributed by atoms with van der Waals surface area (Å²) in [6.45, 7) is 5.59. The molecule has 3 rings (SSSR count). The van der Waals surface area contributed by atoms with Gasteiger partial charge in [0, 0.05) is 28.4 Å². The minimum absolute atomic E-state index is 0.111. The normalized spacial score (nSPS) is 19.9. The highest BCUT2D eigenvalue weighted by molar-refractivity contribution is 8.00. The molecule has 1 aliphatic heterocycles. The van der Waals surface area contributed by atoms with Crippen LogP contribution >= 0.6 is 23.4 Å². The van der Waals surface area contributed by atoms with Gasteiger partial charge in [0.25, 0.3) is 5.91 Å². The molecule has 1 aliphatic rings. The molecule has 4 nitrogen and oxygen atoms in total. The van der Waals surface area contributed by atoms with Crippen LogP contribution in [0, 0.1) is 11.8 Å². The molecule has 0 spiro atoms. The number of carbonyl (C=O) groups is 2. The Labute approximate surface area is 169 Å². The minimum Gasteiger partial charge on any atom is -0.455 e. The third-order valence-corrected chi connectivity index (χ3v) is 6.09. The number of rotatable bonds is 5. The second-order valence-electron chi connectivity index (χ2n) is 7.29. The van der Waals surface area contributed by atoms with E-state index in [0.717, 1.165) is 35.2 Å². The minimum atomic E-state index is -0.393. The number of nitrogens with zero attached hydrogens (tertiary/aromatic N) is 1. The van der Waals surface area contributed by atoms with Gasteiger partial charge in [-0.05, 0) is 35.8 Å². The van der Waals surface area contributed by atoms with E-state index in [4.69, 9.17) is 16.3 Å². The van der Waals surface area contributed by atoms with Gasteiger partial charge in [-0.15, -0.1) is 11.8 Å². The lowest BCUT2D eigenvalue weighted by atomic mass is 9.92. The Kier molecular flexibility index (Phi) is 6.66. The summed E-state index contributed by atoms with van der Waals surface area (Å²) < 4.78 is 5.21. The summed E-state index contributed by atoms with van der Waals surface area (Å²) in [4.78, 5) is 27.2. The zero-order valence-electron chi connectivity index (χ0n) is 15.6. The van der Waals surface area contributed by atoms with Crippen LogP contribution in [0.2, 0.25) is 5.02 Å². The molecule has 2 atom stereocenters. The van der Waals surface area contributed by atoms with E-state index in [9.17, 15) is 9.59 Å². The number of ether oxygens (including phenoxy) is 1.